The first kappa shape index (κ1) is 10.0. The molecule has 1 aromatic carbocycles. The monoisotopic (exact) mass is 186 g/mol. The smallest absolute Gasteiger partial charge is 0.101 e. The molecule has 1 aromatic rings. The van der Waals surface area contributed by atoms with Gasteiger partial charge in [0.1, 0.15) is 6.07 Å². The van der Waals surface area contributed by atoms with Crippen LogP contribution in [-0.2, 0) is 0 Å². The van der Waals surface area contributed by atoms with Crippen LogP contribution in [-0.4, -0.2) is 0 Å². The number of rotatable bonds is 2. The second kappa shape index (κ2) is 4.27. The van der Waals surface area contributed by atoms with Crippen molar-refractivity contribution in [3.05, 3.63) is 29.3 Å². The summed E-state index contributed by atoms with van der Waals surface area (Å²) in [5.41, 5.74) is 12.8. The van der Waals surface area contributed by atoms with Gasteiger partial charge in [-0.3, -0.25) is 0 Å². The van der Waals surface area contributed by atoms with Crippen molar-refractivity contribution in [2.75, 3.05) is 5.73 Å². The lowest BCUT2D eigenvalue weighted by molar-refractivity contribution is 0.748. The summed E-state index contributed by atoms with van der Waals surface area (Å²) >= 11 is 0. The van der Waals surface area contributed by atoms with E-state index in [1.807, 2.05) is 12.1 Å². The maximum atomic E-state index is 8.72. The van der Waals surface area contributed by atoms with Gasteiger partial charge in [0, 0.05) is 11.7 Å². The molecule has 1 rings (SSSR count). The lowest BCUT2D eigenvalue weighted by atomic mass is 10.0. The molecule has 0 spiro atoms. The predicted molar refractivity (Wildman–Crippen MR) is 52.7 cm³/mol. The standard InChI is InChI=1S/C10H10N4/c11-4-3-10(14)7-1-2-9(13)8(5-7)6-12/h1-2,5,10H,3,13-14H2/t10-/m1/s1. The molecular formula is C10H10N4. The predicted octanol–water partition coefficient (Wildman–Crippen LogP) is 1.05. The van der Waals surface area contributed by atoms with E-state index in [4.69, 9.17) is 22.0 Å². The Hall–Kier alpha value is -2.04. The summed E-state index contributed by atoms with van der Waals surface area (Å²) in [5.74, 6) is 0. The maximum Gasteiger partial charge on any atom is 0.101 e. The van der Waals surface area contributed by atoms with Crippen LogP contribution in [0, 0.1) is 22.7 Å². The van der Waals surface area contributed by atoms with Crippen LogP contribution in [0.4, 0.5) is 5.69 Å². The molecule has 1 atom stereocenters. The minimum Gasteiger partial charge on any atom is -0.398 e. The van der Waals surface area contributed by atoms with Crippen LogP contribution in [0.1, 0.15) is 23.6 Å². The number of nitrogen functional groups attached to an aromatic ring is 1. The molecule has 0 radical (unpaired) electrons. The third-order valence-electron chi connectivity index (χ3n) is 1.94. The first-order chi connectivity index (χ1) is 6.69. The van der Waals surface area contributed by atoms with Crippen LogP contribution in [0.25, 0.3) is 0 Å². The molecule has 0 aliphatic rings. The van der Waals surface area contributed by atoms with Gasteiger partial charge in [0.25, 0.3) is 0 Å². The first-order valence-corrected chi connectivity index (χ1v) is 4.11. The van der Waals surface area contributed by atoms with Gasteiger partial charge in [-0.1, -0.05) is 6.07 Å². The summed E-state index contributed by atoms with van der Waals surface area (Å²) in [6.45, 7) is 0. The molecule has 0 amide bonds. The molecule has 0 aliphatic carbocycles. The highest BCUT2D eigenvalue weighted by Crippen LogP contribution is 2.19. The van der Waals surface area contributed by atoms with Crippen molar-refractivity contribution in [3.8, 4) is 12.1 Å². The number of nitrogens with zero attached hydrogens (tertiary/aromatic N) is 2. The van der Waals surface area contributed by atoms with Gasteiger partial charge in [0.15, 0.2) is 0 Å². The molecule has 4 N–H and O–H groups in total. The van der Waals surface area contributed by atoms with Crippen LogP contribution >= 0.6 is 0 Å². The Bertz CT molecular complexity index is 411. The van der Waals surface area contributed by atoms with E-state index in [0.717, 1.165) is 5.56 Å². The van der Waals surface area contributed by atoms with Gasteiger partial charge in [-0.25, -0.2) is 0 Å². The Labute approximate surface area is 82.4 Å². The molecule has 4 heteroatoms. The molecule has 0 aromatic heterocycles. The zero-order chi connectivity index (χ0) is 10.6. The third-order valence-corrected chi connectivity index (χ3v) is 1.94. The number of benzene rings is 1. The van der Waals surface area contributed by atoms with Gasteiger partial charge in [-0.15, -0.1) is 0 Å². The zero-order valence-corrected chi connectivity index (χ0v) is 7.57. The fourth-order valence-corrected chi connectivity index (χ4v) is 1.12. The lowest BCUT2D eigenvalue weighted by Gasteiger charge is -2.08. The largest absolute Gasteiger partial charge is 0.398 e. The Morgan fingerprint density at radius 1 is 1.36 bits per heavy atom. The van der Waals surface area contributed by atoms with E-state index in [0.29, 0.717) is 11.3 Å². The number of hydrogen-bond donors (Lipinski definition) is 2. The molecule has 0 fully saturated rings. The number of nitrogens with two attached hydrogens (primary N) is 2. The van der Waals surface area contributed by atoms with E-state index in [1.54, 1.807) is 18.2 Å². The van der Waals surface area contributed by atoms with Crippen molar-refractivity contribution in [2.45, 2.75) is 12.5 Å². The molecule has 0 unspecified atom stereocenters. The van der Waals surface area contributed by atoms with E-state index in [2.05, 4.69) is 0 Å². The Morgan fingerprint density at radius 3 is 2.64 bits per heavy atom. The van der Waals surface area contributed by atoms with Gasteiger partial charge in [-0.2, -0.15) is 10.5 Å². The van der Waals surface area contributed by atoms with Crippen molar-refractivity contribution in [1.29, 1.82) is 10.5 Å². The molecule has 0 saturated heterocycles. The Morgan fingerprint density at radius 2 is 2.07 bits per heavy atom. The second-order valence-corrected chi connectivity index (χ2v) is 2.93. The topological polar surface area (TPSA) is 99.6 Å². The maximum absolute atomic E-state index is 8.72. The highest BCUT2D eigenvalue weighted by atomic mass is 14.6. The third kappa shape index (κ3) is 2.01. The van der Waals surface area contributed by atoms with Gasteiger partial charge in [0.2, 0.25) is 0 Å². The van der Waals surface area contributed by atoms with E-state index >= 15 is 0 Å². The average molecular weight is 186 g/mol. The quantitative estimate of drug-likeness (QED) is 0.674. The fourth-order valence-electron chi connectivity index (χ4n) is 1.12. The molecule has 14 heavy (non-hydrogen) atoms. The van der Waals surface area contributed by atoms with Crippen LogP contribution in [0.2, 0.25) is 0 Å². The van der Waals surface area contributed by atoms with Crippen LogP contribution < -0.4 is 11.5 Å². The minimum atomic E-state index is -0.354. The van der Waals surface area contributed by atoms with Gasteiger partial charge in [0.05, 0.1) is 18.1 Å². The summed E-state index contributed by atoms with van der Waals surface area (Å²) in [6.07, 6.45) is 0.231. The number of hydrogen-bond acceptors (Lipinski definition) is 4. The lowest BCUT2D eigenvalue weighted by Crippen LogP contribution is -2.09. The Kier molecular flexibility index (Phi) is 3.06. The van der Waals surface area contributed by atoms with E-state index < -0.39 is 0 Å². The first-order valence-electron chi connectivity index (χ1n) is 4.11. The summed E-state index contributed by atoms with van der Waals surface area (Å²) in [4.78, 5) is 0. The van der Waals surface area contributed by atoms with Crippen molar-refractivity contribution < 1.29 is 0 Å². The van der Waals surface area contributed by atoms with E-state index in [9.17, 15) is 0 Å². The molecule has 0 heterocycles. The van der Waals surface area contributed by atoms with Crippen LogP contribution in [0.3, 0.4) is 0 Å². The molecular weight excluding hydrogens is 176 g/mol. The average Bonchev–Trinajstić information content (AvgIpc) is 2.19. The molecule has 0 saturated carbocycles. The summed E-state index contributed by atoms with van der Waals surface area (Å²) < 4.78 is 0. The van der Waals surface area contributed by atoms with Gasteiger partial charge >= 0.3 is 0 Å². The van der Waals surface area contributed by atoms with E-state index in [1.165, 1.54) is 0 Å². The highest BCUT2D eigenvalue weighted by molar-refractivity contribution is 5.55. The highest BCUT2D eigenvalue weighted by Gasteiger charge is 2.07. The molecule has 0 aliphatic heterocycles. The van der Waals surface area contributed by atoms with E-state index in [-0.39, 0.29) is 12.5 Å². The molecule has 4 nitrogen and oxygen atoms in total. The summed E-state index contributed by atoms with van der Waals surface area (Å²) in [7, 11) is 0. The molecule has 70 valence electrons. The normalized spacial score (nSPS) is 11.4. The number of nitriles is 2. The SMILES string of the molecule is N#CC[C@@H](N)c1ccc(N)c(C#N)c1. The van der Waals surface area contributed by atoms with Crippen molar-refractivity contribution >= 4 is 5.69 Å². The zero-order valence-electron chi connectivity index (χ0n) is 7.57. The molecule has 0 bridgehead atoms. The van der Waals surface area contributed by atoms with Gasteiger partial charge in [-0.05, 0) is 17.7 Å². The summed E-state index contributed by atoms with van der Waals surface area (Å²) in [5, 5.41) is 17.2. The van der Waals surface area contributed by atoms with Crippen LogP contribution in [0.15, 0.2) is 18.2 Å². The van der Waals surface area contributed by atoms with Crippen molar-refractivity contribution in [2.24, 2.45) is 5.73 Å². The Balaban J connectivity index is 3.03. The van der Waals surface area contributed by atoms with Crippen molar-refractivity contribution in [3.63, 3.8) is 0 Å². The summed E-state index contributed by atoms with van der Waals surface area (Å²) in [6, 6.07) is 8.58. The number of anilines is 1. The van der Waals surface area contributed by atoms with Crippen molar-refractivity contribution in [1.82, 2.24) is 0 Å². The fraction of sp³-hybridized carbons (Fsp3) is 0.200. The van der Waals surface area contributed by atoms with Crippen LogP contribution in [0.5, 0.6) is 0 Å². The van der Waals surface area contributed by atoms with Gasteiger partial charge < -0.3 is 11.5 Å². The second-order valence-electron chi connectivity index (χ2n) is 2.93. The minimum absolute atomic E-state index is 0.231.